The van der Waals surface area contributed by atoms with E-state index in [9.17, 15) is 14.4 Å². The summed E-state index contributed by atoms with van der Waals surface area (Å²) in [6.45, 7) is 6.66. The van der Waals surface area contributed by atoms with Crippen molar-refractivity contribution in [1.82, 2.24) is 10.2 Å². The van der Waals surface area contributed by atoms with Crippen molar-refractivity contribution in [2.75, 3.05) is 31.3 Å². The highest BCUT2D eigenvalue weighted by atomic mass is 32.2. The second kappa shape index (κ2) is 14.2. The Morgan fingerprint density at radius 3 is 2.62 bits per heavy atom. The molecule has 1 aromatic rings. The third-order valence-electron chi connectivity index (χ3n) is 5.38. The van der Waals surface area contributed by atoms with E-state index in [1.807, 2.05) is 37.3 Å². The maximum Gasteiger partial charge on any atom is 0.329 e. The van der Waals surface area contributed by atoms with Gasteiger partial charge in [-0.25, -0.2) is 4.79 Å². The number of thioether (sulfide) groups is 1. The monoisotopic (exact) mass is 464 g/mol. The van der Waals surface area contributed by atoms with Gasteiger partial charge in [-0.05, 0) is 38.7 Å². The van der Waals surface area contributed by atoms with Gasteiger partial charge in [0.15, 0.2) is 0 Å². The molecule has 178 valence electrons. The van der Waals surface area contributed by atoms with Crippen LogP contribution in [0.15, 0.2) is 30.3 Å². The Morgan fingerprint density at radius 1 is 1.19 bits per heavy atom. The number of unbranched alkanes of at least 4 members (excludes halogenated alkanes) is 1. The first-order chi connectivity index (χ1) is 15.5. The van der Waals surface area contributed by atoms with E-state index in [0.717, 1.165) is 24.2 Å². The Bertz CT molecular complexity index is 730. The van der Waals surface area contributed by atoms with Gasteiger partial charge >= 0.3 is 11.9 Å². The topological polar surface area (TPSA) is 84.9 Å². The van der Waals surface area contributed by atoms with Gasteiger partial charge in [-0.2, -0.15) is 11.8 Å². The van der Waals surface area contributed by atoms with Gasteiger partial charge in [-0.15, -0.1) is 0 Å². The Labute approximate surface area is 195 Å². The lowest BCUT2D eigenvalue weighted by Gasteiger charge is -2.36. The zero-order chi connectivity index (χ0) is 23.3. The smallest absolute Gasteiger partial charge is 0.329 e. The van der Waals surface area contributed by atoms with Crippen molar-refractivity contribution < 1.29 is 23.9 Å². The summed E-state index contributed by atoms with van der Waals surface area (Å²) < 4.78 is 10.6. The van der Waals surface area contributed by atoms with E-state index in [0.29, 0.717) is 31.7 Å². The molecule has 0 aromatic heterocycles. The zero-order valence-corrected chi connectivity index (χ0v) is 20.2. The van der Waals surface area contributed by atoms with Gasteiger partial charge < -0.3 is 14.4 Å². The molecule has 2 unspecified atom stereocenters. The summed E-state index contributed by atoms with van der Waals surface area (Å²) in [6.07, 6.45) is 2.94. The average molecular weight is 465 g/mol. The Kier molecular flexibility index (Phi) is 11.6. The minimum atomic E-state index is -0.630. The van der Waals surface area contributed by atoms with Crippen LogP contribution in [0.3, 0.4) is 0 Å². The molecule has 1 N–H and O–H groups in total. The number of benzene rings is 1. The maximum atomic E-state index is 13.2. The minimum Gasteiger partial charge on any atom is -0.465 e. The molecule has 0 bridgehead atoms. The SMILES string of the molecule is CCCCOC(=O)C1CSCCN1C(=O)[C@H](C)NC(CCc1ccccc1)C(=O)OCC. The fourth-order valence-corrected chi connectivity index (χ4v) is 4.60. The molecule has 0 aliphatic carbocycles. The number of aryl methyl sites for hydroxylation is 1. The van der Waals surface area contributed by atoms with E-state index in [4.69, 9.17) is 9.47 Å². The Balaban J connectivity index is 2.02. The van der Waals surface area contributed by atoms with Gasteiger partial charge in [0.2, 0.25) is 5.91 Å². The zero-order valence-electron chi connectivity index (χ0n) is 19.4. The van der Waals surface area contributed by atoms with Crippen molar-refractivity contribution in [3.63, 3.8) is 0 Å². The Hall–Kier alpha value is -2.06. The first kappa shape index (κ1) is 26.2. The van der Waals surface area contributed by atoms with E-state index in [1.54, 1.807) is 30.5 Å². The number of nitrogens with one attached hydrogen (secondary N) is 1. The molecule has 1 aliphatic rings. The summed E-state index contributed by atoms with van der Waals surface area (Å²) >= 11 is 1.65. The molecule has 1 amide bonds. The Morgan fingerprint density at radius 2 is 1.94 bits per heavy atom. The predicted octanol–water partition coefficient (Wildman–Crippen LogP) is 2.82. The predicted molar refractivity (Wildman–Crippen MR) is 126 cm³/mol. The van der Waals surface area contributed by atoms with Crippen molar-refractivity contribution >= 4 is 29.6 Å². The number of rotatable bonds is 12. The van der Waals surface area contributed by atoms with Gasteiger partial charge in [0, 0.05) is 18.1 Å². The summed E-state index contributed by atoms with van der Waals surface area (Å²) in [6, 6.07) is 8.06. The van der Waals surface area contributed by atoms with E-state index in [1.165, 1.54) is 0 Å². The van der Waals surface area contributed by atoms with Gasteiger partial charge in [0.25, 0.3) is 0 Å². The molecule has 1 fully saturated rings. The van der Waals surface area contributed by atoms with Gasteiger partial charge in [-0.1, -0.05) is 43.7 Å². The van der Waals surface area contributed by atoms with Gasteiger partial charge in [0.05, 0.1) is 19.3 Å². The summed E-state index contributed by atoms with van der Waals surface area (Å²) in [7, 11) is 0. The third kappa shape index (κ3) is 8.13. The van der Waals surface area contributed by atoms with Crippen LogP contribution in [0.2, 0.25) is 0 Å². The molecule has 0 spiro atoms. The normalized spacial score (nSPS) is 18.0. The van der Waals surface area contributed by atoms with Crippen LogP contribution in [0.4, 0.5) is 0 Å². The minimum absolute atomic E-state index is 0.197. The number of amides is 1. The second-order valence-electron chi connectivity index (χ2n) is 7.86. The second-order valence-corrected chi connectivity index (χ2v) is 9.01. The van der Waals surface area contributed by atoms with Crippen LogP contribution in [-0.4, -0.2) is 72.1 Å². The van der Waals surface area contributed by atoms with Crippen molar-refractivity contribution in [2.24, 2.45) is 0 Å². The summed E-state index contributed by atoms with van der Waals surface area (Å²) in [5.41, 5.74) is 1.12. The van der Waals surface area contributed by atoms with Crippen molar-refractivity contribution in [1.29, 1.82) is 0 Å². The molecule has 1 aromatic carbocycles. The number of hydrogen-bond acceptors (Lipinski definition) is 7. The fourth-order valence-electron chi connectivity index (χ4n) is 3.57. The number of carbonyl (C=O) groups is 3. The lowest BCUT2D eigenvalue weighted by Crippen LogP contribution is -2.57. The number of nitrogens with zero attached hydrogens (tertiary/aromatic N) is 1. The number of carbonyl (C=O) groups excluding carboxylic acids is 3. The first-order valence-corrected chi connectivity index (χ1v) is 12.6. The van der Waals surface area contributed by atoms with Crippen LogP contribution >= 0.6 is 11.8 Å². The van der Waals surface area contributed by atoms with E-state index in [2.05, 4.69) is 5.32 Å². The standard InChI is InChI=1S/C24H36N2O5S/c1-4-6-15-31-24(29)21-17-32-16-14-26(21)22(27)18(3)25-20(23(28)30-5-2)13-12-19-10-8-7-9-11-19/h7-11,18,20-21,25H,4-6,12-17H2,1-3H3/t18-,20?,21?/m0/s1. The number of ether oxygens (including phenoxy) is 2. The van der Waals surface area contributed by atoms with Gasteiger partial charge in [0.1, 0.15) is 12.1 Å². The van der Waals surface area contributed by atoms with Crippen LogP contribution in [0.5, 0.6) is 0 Å². The molecule has 1 heterocycles. The van der Waals surface area contributed by atoms with Crippen LogP contribution in [0, 0.1) is 0 Å². The quantitative estimate of drug-likeness (QED) is 0.376. The lowest BCUT2D eigenvalue weighted by molar-refractivity contribution is -0.155. The highest BCUT2D eigenvalue weighted by Gasteiger charge is 2.36. The molecule has 0 saturated carbocycles. The van der Waals surface area contributed by atoms with Crippen LogP contribution < -0.4 is 5.32 Å². The van der Waals surface area contributed by atoms with E-state index < -0.39 is 18.1 Å². The van der Waals surface area contributed by atoms with Crippen molar-refractivity contribution in [2.45, 2.75) is 64.6 Å². The first-order valence-electron chi connectivity index (χ1n) is 11.5. The molecular formula is C24H36N2O5S. The average Bonchev–Trinajstić information content (AvgIpc) is 2.82. The van der Waals surface area contributed by atoms with E-state index in [-0.39, 0.29) is 24.5 Å². The summed E-state index contributed by atoms with van der Waals surface area (Å²) in [5, 5.41) is 3.16. The molecule has 0 radical (unpaired) electrons. The lowest BCUT2D eigenvalue weighted by atomic mass is 10.0. The highest BCUT2D eigenvalue weighted by Crippen LogP contribution is 2.19. The van der Waals surface area contributed by atoms with E-state index >= 15 is 0 Å². The summed E-state index contributed by atoms with van der Waals surface area (Å²) in [5.74, 6) is 0.382. The molecule has 8 heteroatoms. The summed E-state index contributed by atoms with van der Waals surface area (Å²) in [4.78, 5) is 39.9. The molecule has 32 heavy (non-hydrogen) atoms. The van der Waals surface area contributed by atoms with Crippen molar-refractivity contribution in [3.8, 4) is 0 Å². The number of esters is 2. The van der Waals surface area contributed by atoms with Crippen LogP contribution in [0.25, 0.3) is 0 Å². The molecule has 1 saturated heterocycles. The van der Waals surface area contributed by atoms with Crippen molar-refractivity contribution in [3.05, 3.63) is 35.9 Å². The van der Waals surface area contributed by atoms with Gasteiger partial charge in [-0.3, -0.25) is 14.9 Å². The largest absolute Gasteiger partial charge is 0.465 e. The molecular weight excluding hydrogens is 428 g/mol. The highest BCUT2D eigenvalue weighted by molar-refractivity contribution is 7.99. The molecule has 1 aliphatic heterocycles. The molecule has 3 atom stereocenters. The van der Waals surface area contributed by atoms with Crippen LogP contribution in [0.1, 0.15) is 45.6 Å². The molecule has 7 nitrogen and oxygen atoms in total. The number of hydrogen-bond donors (Lipinski definition) is 1. The maximum absolute atomic E-state index is 13.2. The molecule has 2 rings (SSSR count). The van der Waals surface area contributed by atoms with Crippen LogP contribution in [-0.2, 0) is 30.3 Å². The third-order valence-corrected chi connectivity index (χ3v) is 6.41. The fraction of sp³-hybridized carbons (Fsp3) is 0.625.